The Bertz CT molecular complexity index is 880. The second-order valence-corrected chi connectivity index (χ2v) is 6.15. The SMILES string of the molecule is C=C(C)C#N.Cc1ccnc2c1NC(=O)c1cccnc1N2C1CC1. The zero-order chi connectivity index (χ0) is 18.0. The fourth-order valence-corrected chi connectivity index (χ4v) is 2.61. The molecule has 1 aliphatic heterocycles. The number of pyridine rings is 2. The summed E-state index contributed by atoms with van der Waals surface area (Å²) in [5, 5.41) is 10.8. The van der Waals surface area contributed by atoms with Gasteiger partial charge in [-0.25, -0.2) is 9.97 Å². The van der Waals surface area contributed by atoms with Gasteiger partial charge in [0.15, 0.2) is 5.82 Å². The molecule has 25 heavy (non-hydrogen) atoms. The van der Waals surface area contributed by atoms with Crippen LogP contribution in [-0.2, 0) is 0 Å². The summed E-state index contributed by atoms with van der Waals surface area (Å²) < 4.78 is 0. The van der Waals surface area contributed by atoms with Crippen LogP contribution in [0.3, 0.4) is 0 Å². The normalized spacial score (nSPS) is 14.8. The van der Waals surface area contributed by atoms with Gasteiger partial charge in [-0.2, -0.15) is 5.26 Å². The van der Waals surface area contributed by atoms with Gasteiger partial charge < -0.3 is 10.2 Å². The smallest absolute Gasteiger partial charge is 0.259 e. The summed E-state index contributed by atoms with van der Waals surface area (Å²) in [4.78, 5) is 23.4. The Morgan fingerprint density at radius 1 is 1.32 bits per heavy atom. The third-order valence-corrected chi connectivity index (χ3v) is 3.97. The Kier molecular flexibility index (Phi) is 4.48. The first-order valence-electron chi connectivity index (χ1n) is 8.09. The average Bonchev–Trinajstić information content (AvgIpc) is 3.43. The van der Waals surface area contributed by atoms with Gasteiger partial charge in [0, 0.05) is 24.0 Å². The maximum absolute atomic E-state index is 12.4. The Hall–Kier alpha value is -3.20. The third-order valence-electron chi connectivity index (χ3n) is 3.97. The number of aromatic nitrogens is 2. The lowest BCUT2D eigenvalue weighted by Crippen LogP contribution is -2.22. The maximum atomic E-state index is 12.4. The Morgan fingerprint density at radius 2 is 2.00 bits per heavy atom. The van der Waals surface area contributed by atoms with Crippen LogP contribution >= 0.6 is 0 Å². The van der Waals surface area contributed by atoms with Gasteiger partial charge in [-0.05, 0) is 50.5 Å². The molecule has 126 valence electrons. The van der Waals surface area contributed by atoms with E-state index in [-0.39, 0.29) is 5.91 Å². The fraction of sp³-hybridized carbons (Fsp3) is 0.263. The van der Waals surface area contributed by atoms with Crippen LogP contribution in [0, 0.1) is 18.3 Å². The van der Waals surface area contributed by atoms with Crippen molar-refractivity contribution in [1.82, 2.24) is 9.97 Å². The number of carbonyl (C=O) groups excluding carboxylic acids is 1. The Balaban J connectivity index is 0.000000324. The number of allylic oxidation sites excluding steroid dienone is 1. The summed E-state index contributed by atoms with van der Waals surface area (Å²) >= 11 is 0. The van der Waals surface area contributed by atoms with Crippen LogP contribution in [0.25, 0.3) is 0 Å². The van der Waals surface area contributed by atoms with Crippen molar-refractivity contribution in [1.29, 1.82) is 5.26 Å². The minimum absolute atomic E-state index is 0.117. The molecule has 4 rings (SSSR count). The number of amides is 1. The molecule has 2 aromatic heterocycles. The summed E-state index contributed by atoms with van der Waals surface area (Å²) in [6.07, 6.45) is 5.73. The van der Waals surface area contributed by atoms with Crippen molar-refractivity contribution >= 4 is 23.2 Å². The number of anilines is 3. The zero-order valence-electron chi connectivity index (χ0n) is 14.3. The van der Waals surface area contributed by atoms with Crippen LogP contribution in [0.4, 0.5) is 17.3 Å². The van der Waals surface area contributed by atoms with Gasteiger partial charge in [-0.1, -0.05) is 6.58 Å². The predicted molar refractivity (Wildman–Crippen MR) is 96.8 cm³/mol. The van der Waals surface area contributed by atoms with Crippen LogP contribution in [0.2, 0.25) is 0 Å². The summed E-state index contributed by atoms with van der Waals surface area (Å²) in [6.45, 7) is 6.96. The first-order valence-corrected chi connectivity index (χ1v) is 8.09. The highest BCUT2D eigenvalue weighted by Crippen LogP contribution is 2.43. The van der Waals surface area contributed by atoms with Gasteiger partial charge in [-0.3, -0.25) is 4.79 Å². The van der Waals surface area contributed by atoms with Crippen LogP contribution in [-0.4, -0.2) is 21.9 Å². The molecule has 6 nitrogen and oxygen atoms in total. The Morgan fingerprint density at radius 3 is 2.64 bits per heavy atom. The van der Waals surface area contributed by atoms with Gasteiger partial charge >= 0.3 is 0 Å². The third kappa shape index (κ3) is 3.36. The first kappa shape index (κ1) is 16.7. The molecule has 3 heterocycles. The molecule has 0 unspecified atom stereocenters. The van der Waals surface area contributed by atoms with Crippen molar-refractivity contribution in [2.24, 2.45) is 0 Å². The molecule has 1 N–H and O–H groups in total. The van der Waals surface area contributed by atoms with Crippen LogP contribution < -0.4 is 10.2 Å². The van der Waals surface area contributed by atoms with Gasteiger partial charge in [0.2, 0.25) is 0 Å². The van der Waals surface area contributed by atoms with Crippen LogP contribution in [0.5, 0.6) is 0 Å². The highest BCUT2D eigenvalue weighted by molar-refractivity contribution is 6.11. The first-order chi connectivity index (χ1) is 12.0. The minimum atomic E-state index is -0.117. The van der Waals surface area contributed by atoms with Crippen molar-refractivity contribution < 1.29 is 4.79 Å². The predicted octanol–water partition coefficient (Wildman–Crippen LogP) is 3.74. The summed E-state index contributed by atoms with van der Waals surface area (Å²) in [5.74, 6) is 1.40. The molecule has 1 fully saturated rings. The van der Waals surface area contributed by atoms with Crippen molar-refractivity contribution in [3.05, 3.63) is 53.9 Å². The van der Waals surface area contributed by atoms with E-state index in [1.54, 1.807) is 25.4 Å². The standard InChI is InChI=1S/C15H14N4O.C4H5N/c1-9-6-8-17-14-12(9)18-15(20)11-3-2-7-16-13(11)19(14)10-4-5-10;1-4(2)3-5/h2-3,6-8,10H,4-5H2,1H3,(H,18,20);1H2,2H3. The van der Waals surface area contributed by atoms with Crippen molar-refractivity contribution in [2.45, 2.75) is 32.7 Å². The van der Waals surface area contributed by atoms with E-state index in [2.05, 4.69) is 26.8 Å². The number of nitrogens with one attached hydrogen (secondary N) is 1. The van der Waals surface area contributed by atoms with E-state index in [1.807, 2.05) is 25.1 Å². The number of nitriles is 1. The molecule has 1 aliphatic carbocycles. The second kappa shape index (κ2) is 6.73. The molecule has 0 bridgehead atoms. The molecule has 0 spiro atoms. The van der Waals surface area contributed by atoms with Crippen molar-refractivity contribution in [3.63, 3.8) is 0 Å². The molecule has 2 aliphatic rings. The summed E-state index contributed by atoms with van der Waals surface area (Å²) in [7, 11) is 0. The highest BCUT2D eigenvalue weighted by atomic mass is 16.1. The van der Waals surface area contributed by atoms with E-state index in [1.165, 1.54) is 0 Å². The van der Waals surface area contributed by atoms with E-state index in [0.29, 0.717) is 23.0 Å². The van der Waals surface area contributed by atoms with E-state index in [9.17, 15) is 4.79 Å². The van der Waals surface area contributed by atoms with Crippen LogP contribution in [0.15, 0.2) is 42.7 Å². The molecule has 2 aromatic rings. The molecule has 1 saturated carbocycles. The van der Waals surface area contributed by atoms with Gasteiger partial charge in [0.1, 0.15) is 5.82 Å². The quantitative estimate of drug-likeness (QED) is 0.804. The fourth-order valence-electron chi connectivity index (χ4n) is 2.61. The topological polar surface area (TPSA) is 81.9 Å². The molecule has 0 atom stereocenters. The molecule has 0 aromatic carbocycles. The average molecular weight is 333 g/mol. The van der Waals surface area contributed by atoms with E-state index < -0.39 is 0 Å². The maximum Gasteiger partial charge on any atom is 0.259 e. The summed E-state index contributed by atoms with van der Waals surface area (Å²) in [5.41, 5.74) is 2.98. The van der Waals surface area contributed by atoms with Gasteiger partial charge in [-0.15, -0.1) is 0 Å². The van der Waals surface area contributed by atoms with E-state index in [4.69, 9.17) is 5.26 Å². The van der Waals surface area contributed by atoms with E-state index in [0.717, 1.165) is 29.9 Å². The molecule has 6 heteroatoms. The van der Waals surface area contributed by atoms with Gasteiger partial charge in [0.25, 0.3) is 5.91 Å². The van der Waals surface area contributed by atoms with Crippen molar-refractivity contribution in [2.75, 3.05) is 10.2 Å². The molecule has 0 saturated heterocycles. The monoisotopic (exact) mass is 333 g/mol. The zero-order valence-corrected chi connectivity index (χ0v) is 14.3. The molecule has 0 radical (unpaired) electrons. The van der Waals surface area contributed by atoms with Gasteiger partial charge in [0.05, 0.1) is 17.3 Å². The number of nitrogens with zero attached hydrogens (tertiary/aromatic N) is 4. The lowest BCUT2D eigenvalue weighted by atomic mass is 10.2. The Labute approximate surface area is 146 Å². The lowest BCUT2D eigenvalue weighted by Gasteiger charge is -2.23. The molecule has 1 amide bonds. The number of fused-ring (bicyclic) bond motifs is 2. The number of hydrogen-bond acceptors (Lipinski definition) is 5. The second-order valence-electron chi connectivity index (χ2n) is 6.15. The number of hydrogen-bond donors (Lipinski definition) is 1. The largest absolute Gasteiger partial charge is 0.318 e. The minimum Gasteiger partial charge on any atom is -0.318 e. The summed E-state index contributed by atoms with van der Waals surface area (Å²) in [6, 6.07) is 7.74. The number of aryl methyl sites for hydroxylation is 1. The number of rotatable bonds is 1. The van der Waals surface area contributed by atoms with Crippen LogP contribution in [0.1, 0.15) is 35.7 Å². The lowest BCUT2D eigenvalue weighted by molar-refractivity contribution is 0.102. The molecular formula is C19H19N5O. The highest BCUT2D eigenvalue weighted by Gasteiger charge is 2.37. The number of carbonyl (C=O) groups is 1. The molecular weight excluding hydrogens is 314 g/mol. The van der Waals surface area contributed by atoms with E-state index >= 15 is 0 Å². The van der Waals surface area contributed by atoms with Crippen molar-refractivity contribution in [3.8, 4) is 6.07 Å².